The Morgan fingerprint density at radius 3 is 2.30 bits per heavy atom. The van der Waals surface area contributed by atoms with E-state index in [-0.39, 0.29) is 30.2 Å². The van der Waals surface area contributed by atoms with E-state index in [1.807, 2.05) is 12.2 Å². The number of nitrogens with one attached hydrogen (secondary N) is 1. The Labute approximate surface area is 161 Å². The van der Waals surface area contributed by atoms with Crippen LogP contribution in [0.1, 0.15) is 19.3 Å². The van der Waals surface area contributed by atoms with Gasteiger partial charge in [-0.1, -0.05) is 23.8 Å². The molecule has 0 aromatic heterocycles. The average Bonchev–Trinajstić information content (AvgIpc) is 2.81. The lowest BCUT2D eigenvalue weighted by Gasteiger charge is -2.16. The van der Waals surface area contributed by atoms with E-state index in [1.54, 1.807) is 12.1 Å². The van der Waals surface area contributed by atoms with Crippen LogP contribution >= 0.6 is 11.6 Å². The van der Waals surface area contributed by atoms with Crippen molar-refractivity contribution in [3.05, 3.63) is 29.3 Å². The molecule has 0 bridgehead atoms. The summed E-state index contributed by atoms with van der Waals surface area (Å²) < 4.78 is 11.2. The van der Waals surface area contributed by atoms with Crippen LogP contribution in [0.3, 0.4) is 0 Å². The summed E-state index contributed by atoms with van der Waals surface area (Å²) in [5, 5.41) is 2.96. The monoisotopic (exact) mass is 390 g/mol. The van der Waals surface area contributed by atoms with Crippen molar-refractivity contribution in [1.29, 1.82) is 0 Å². The summed E-state index contributed by atoms with van der Waals surface area (Å²) >= 11 is 6.23. The molecule has 2 atom stereocenters. The molecule has 27 heavy (non-hydrogen) atoms. The van der Waals surface area contributed by atoms with Gasteiger partial charge in [-0.15, -0.1) is 0 Å². The number of nitrogens with zero attached hydrogens (tertiary/aromatic N) is 1. The summed E-state index contributed by atoms with van der Waals surface area (Å²) in [6, 6.07) is 3.18. The SMILES string of the molecule is O=C(CN1C(=O)[C@H]2CC=CC[C@H]2C1=O)Nc1cc2c(cc1Cl)OCCCO2. The number of allylic oxidation sites excluding steroid dienone is 2. The average molecular weight is 391 g/mol. The van der Waals surface area contributed by atoms with Crippen LogP contribution in [0.5, 0.6) is 11.5 Å². The molecule has 3 amide bonds. The number of hydrogen-bond donors (Lipinski definition) is 1. The minimum atomic E-state index is -0.486. The van der Waals surface area contributed by atoms with Crippen molar-refractivity contribution in [3.63, 3.8) is 0 Å². The molecule has 7 nitrogen and oxygen atoms in total. The van der Waals surface area contributed by atoms with Crippen LogP contribution in [0.25, 0.3) is 0 Å². The third-order valence-electron chi connectivity index (χ3n) is 5.01. The van der Waals surface area contributed by atoms with E-state index in [1.165, 1.54) is 0 Å². The molecule has 2 heterocycles. The number of fused-ring (bicyclic) bond motifs is 2. The van der Waals surface area contributed by atoms with Crippen LogP contribution in [0.15, 0.2) is 24.3 Å². The van der Waals surface area contributed by atoms with Crippen molar-refractivity contribution in [2.45, 2.75) is 19.3 Å². The predicted molar refractivity (Wildman–Crippen MR) is 97.8 cm³/mol. The van der Waals surface area contributed by atoms with Gasteiger partial charge in [-0.2, -0.15) is 0 Å². The van der Waals surface area contributed by atoms with Crippen LogP contribution < -0.4 is 14.8 Å². The molecule has 0 spiro atoms. The highest BCUT2D eigenvalue weighted by molar-refractivity contribution is 6.34. The van der Waals surface area contributed by atoms with Crippen molar-refractivity contribution >= 4 is 35.0 Å². The number of amides is 3. The van der Waals surface area contributed by atoms with E-state index >= 15 is 0 Å². The van der Waals surface area contributed by atoms with Crippen molar-refractivity contribution in [2.75, 3.05) is 25.1 Å². The number of carbonyl (C=O) groups excluding carboxylic acids is 3. The Kier molecular flexibility index (Phi) is 4.78. The highest BCUT2D eigenvalue weighted by atomic mass is 35.5. The molecule has 2 aliphatic heterocycles. The van der Waals surface area contributed by atoms with Crippen LogP contribution in [-0.2, 0) is 14.4 Å². The van der Waals surface area contributed by atoms with Crippen LogP contribution in [0, 0.1) is 11.8 Å². The van der Waals surface area contributed by atoms with Gasteiger partial charge in [0.2, 0.25) is 17.7 Å². The summed E-state index contributed by atoms with van der Waals surface area (Å²) in [7, 11) is 0. The summed E-state index contributed by atoms with van der Waals surface area (Å²) in [5.74, 6) is -0.730. The molecule has 0 unspecified atom stereocenters. The molecular weight excluding hydrogens is 372 g/mol. The summed E-state index contributed by atoms with van der Waals surface area (Å²) in [5.41, 5.74) is 0.351. The fourth-order valence-electron chi connectivity index (χ4n) is 3.64. The molecule has 1 aromatic rings. The molecular formula is C19H19ClN2O5. The maximum Gasteiger partial charge on any atom is 0.244 e. The normalized spacial score (nSPS) is 23.8. The van der Waals surface area contributed by atoms with E-state index in [0.29, 0.717) is 48.3 Å². The van der Waals surface area contributed by atoms with E-state index in [2.05, 4.69) is 5.32 Å². The molecule has 3 aliphatic rings. The molecule has 8 heteroatoms. The number of benzene rings is 1. The van der Waals surface area contributed by atoms with Gasteiger partial charge in [0.15, 0.2) is 11.5 Å². The van der Waals surface area contributed by atoms with Gasteiger partial charge in [0.25, 0.3) is 0 Å². The van der Waals surface area contributed by atoms with Crippen molar-refractivity contribution < 1.29 is 23.9 Å². The predicted octanol–water partition coefficient (Wildman–Crippen LogP) is 2.39. The molecule has 4 rings (SSSR count). The summed E-state index contributed by atoms with van der Waals surface area (Å²) in [4.78, 5) is 38.4. The fraction of sp³-hybridized carbons (Fsp3) is 0.421. The van der Waals surface area contributed by atoms with Crippen LogP contribution in [-0.4, -0.2) is 42.4 Å². The lowest BCUT2D eigenvalue weighted by molar-refractivity contribution is -0.142. The molecule has 0 saturated carbocycles. The van der Waals surface area contributed by atoms with Gasteiger partial charge in [-0.3, -0.25) is 19.3 Å². The zero-order valence-corrected chi connectivity index (χ0v) is 15.3. The van der Waals surface area contributed by atoms with Gasteiger partial charge in [0.1, 0.15) is 6.54 Å². The zero-order valence-electron chi connectivity index (χ0n) is 14.6. The highest BCUT2D eigenvalue weighted by Gasteiger charge is 2.47. The third kappa shape index (κ3) is 3.39. The van der Waals surface area contributed by atoms with Gasteiger partial charge in [-0.05, 0) is 12.8 Å². The molecule has 1 aromatic carbocycles. The minimum absolute atomic E-state index is 0.283. The summed E-state index contributed by atoms with van der Waals surface area (Å²) in [6.07, 6.45) is 5.66. The standard InChI is InChI=1S/C19H19ClN2O5/c20-13-8-15-16(27-7-3-6-26-15)9-14(13)21-17(23)10-22-18(24)11-4-1-2-5-12(11)19(22)25/h1-2,8-9,11-12H,3-7,10H2,(H,21,23)/t11-,12+. The van der Waals surface area contributed by atoms with Gasteiger partial charge >= 0.3 is 0 Å². The second kappa shape index (κ2) is 7.23. The Balaban J connectivity index is 1.46. The first kappa shape index (κ1) is 17.9. The Morgan fingerprint density at radius 1 is 1.07 bits per heavy atom. The Hall–Kier alpha value is -2.54. The van der Waals surface area contributed by atoms with Gasteiger partial charge in [0.05, 0.1) is 35.8 Å². The molecule has 1 aliphatic carbocycles. The molecule has 1 fully saturated rings. The molecule has 1 N–H and O–H groups in total. The van der Waals surface area contributed by atoms with Crippen molar-refractivity contribution in [3.8, 4) is 11.5 Å². The molecule has 1 saturated heterocycles. The van der Waals surface area contributed by atoms with Gasteiger partial charge in [-0.25, -0.2) is 0 Å². The number of ether oxygens (including phenoxy) is 2. The van der Waals surface area contributed by atoms with E-state index in [9.17, 15) is 14.4 Å². The Bertz CT molecular complexity index is 812. The Morgan fingerprint density at radius 2 is 1.67 bits per heavy atom. The van der Waals surface area contributed by atoms with Crippen LogP contribution in [0.4, 0.5) is 5.69 Å². The van der Waals surface area contributed by atoms with Gasteiger partial charge in [0, 0.05) is 18.6 Å². The first-order chi connectivity index (χ1) is 13.0. The topological polar surface area (TPSA) is 84.9 Å². The smallest absolute Gasteiger partial charge is 0.244 e. The minimum Gasteiger partial charge on any atom is -0.490 e. The number of hydrogen-bond acceptors (Lipinski definition) is 5. The number of carbonyl (C=O) groups is 3. The van der Waals surface area contributed by atoms with E-state index in [4.69, 9.17) is 21.1 Å². The lowest BCUT2D eigenvalue weighted by Crippen LogP contribution is -2.38. The first-order valence-corrected chi connectivity index (χ1v) is 9.31. The van der Waals surface area contributed by atoms with Crippen molar-refractivity contribution in [1.82, 2.24) is 4.90 Å². The first-order valence-electron chi connectivity index (χ1n) is 8.94. The maximum atomic E-state index is 12.5. The second-order valence-electron chi connectivity index (χ2n) is 6.80. The van der Waals surface area contributed by atoms with Gasteiger partial charge < -0.3 is 14.8 Å². The highest BCUT2D eigenvalue weighted by Crippen LogP contribution is 2.38. The zero-order chi connectivity index (χ0) is 19.0. The number of halogens is 1. The number of anilines is 1. The number of likely N-dealkylation sites (tertiary alicyclic amines) is 1. The third-order valence-corrected chi connectivity index (χ3v) is 5.32. The lowest BCUT2D eigenvalue weighted by atomic mass is 9.85. The molecule has 142 valence electrons. The maximum absolute atomic E-state index is 12.5. The number of rotatable bonds is 3. The quantitative estimate of drug-likeness (QED) is 0.632. The van der Waals surface area contributed by atoms with Crippen LogP contribution in [0.2, 0.25) is 5.02 Å². The van der Waals surface area contributed by atoms with Crippen molar-refractivity contribution in [2.24, 2.45) is 11.8 Å². The van der Waals surface area contributed by atoms with E-state index in [0.717, 1.165) is 11.3 Å². The second-order valence-corrected chi connectivity index (χ2v) is 7.20. The number of imide groups is 1. The summed E-state index contributed by atoms with van der Waals surface area (Å²) in [6.45, 7) is 0.719. The molecule has 0 radical (unpaired) electrons. The fourth-order valence-corrected chi connectivity index (χ4v) is 3.84. The largest absolute Gasteiger partial charge is 0.490 e. The van der Waals surface area contributed by atoms with E-state index < -0.39 is 5.91 Å².